The van der Waals surface area contributed by atoms with Crippen LogP contribution < -0.4 is 11.2 Å². The van der Waals surface area contributed by atoms with Crippen LogP contribution in [0.2, 0.25) is 0 Å². The lowest BCUT2D eigenvalue weighted by molar-refractivity contribution is -0.133. The fourth-order valence-corrected chi connectivity index (χ4v) is 2.18. The molecule has 1 aliphatic rings. The molecule has 7 nitrogen and oxygen atoms in total. The molecule has 1 amide bonds. The van der Waals surface area contributed by atoms with Gasteiger partial charge in [-0.25, -0.2) is 4.79 Å². The number of hydrogen-bond donors (Lipinski definition) is 2. The van der Waals surface area contributed by atoms with Crippen LogP contribution in [0.25, 0.3) is 0 Å². The largest absolute Gasteiger partial charge is 0.396 e. The third-order valence-corrected chi connectivity index (χ3v) is 3.43. The average Bonchev–Trinajstić information content (AvgIpc) is 2.42. The smallest absolute Gasteiger partial charge is 0.328 e. The Hall–Kier alpha value is -1.89. The highest BCUT2D eigenvalue weighted by atomic mass is 16.3. The van der Waals surface area contributed by atoms with Gasteiger partial charge in [0.15, 0.2) is 0 Å². The molecule has 0 bridgehead atoms. The van der Waals surface area contributed by atoms with Crippen LogP contribution in [-0.4, -0.2) is 45.2 Å². The number of H-pyrrole nitrogens is 1. The summed E-state index contributed by atoms with van der Waals surface area (Å²) in [5.74, 6) is 0.116. The van der Waals surface area contributed by atoms with E-state index in [-0.39, 0.29) is 25.0 Å². The molecule has 104 valence electrons. The number of aliphatic hydroxyl groups is 1. The van der Waals surface area contributed by atoms with Gasteiger partial charge in [0.05, 0.1) is 0 Å². The van der Waals surface area contributed by atoms with Crippen molar-refractivity contribution in [2.24, 2.45) is 5.92 Å². The number of likely N-dealkylation sites (tertiary alicyclic amines) is 1. The van der Waals surface area contributed by atoms with E-state index in [0.29, 0.717) is 13.1 Å². The highest BCUT2D eigenvalue weighted by Gasteiger charge is 2.22. The number of amides is 1. The van der Waals surface area contributed by atoms with E-state index in [4.69, 9.17) is 5.11 Å². The number of aromatic amines is 1. The molecule has 0 radical (unpaired) electrons. The van der Waals surface area contributed by atoms with Gasteiger partial charge in [-0.1, -0.05) is 0 Å². The second-order valence-corrected chi connectivity index (χ2v) is 4.74. The Morgan fingerprint density at radius 1 is 1.37 bits per heavy atom. The molecule has 1 fully saturated rings. The molecule has 0 saturated carbocycles. The standard InChI is InChI=1S/C12H17N3O4/c16-8-9-1-4-14(5-2-9)11(18)7-15-6-3-10(17)13-12(15)19/h3,6,9,16H,1-2,4-5,7-8H2,(H,13,17,19). The van der Waals surface area contributed by atoms with Crippen LogP contribution >= 0.6 is 0 Å². The minimum Gasteiger partial charge on any atom is -0.396 e. The molecule has 1 saturated heterocycles. The number of piperidine rings is 1. The van der Waals surface area contributed by atoms with Gasteiger partial charge in [0.2, 0.25) is 5.91 Å². The van der Waals surface area contributed by atoms with Crippen molar-refractivity contribution >= 4 is 5.91 Å². The molecule has 1 aliphatic heterocycles. The minimum absolute atomic E-state index is 0.0700. The fraction of sp³-hybridized carbons (Fsp3) is 0.583. The van der Waals surface area contributed by atoms with Gasteiger partial charge in [-0.2, -0.15) is 0 Å². The molecule has 1 aromatic heterocycles. The van der Waals surface area contributed by atoms with Crippen molar-refractivity contribution in [3.63, 3.8) is 0 Å². The number of carbonyl (C=O) groups is 1. The SMILES string of the molecule is O=C(Cn1ccc(=O)[nH]c1=O)N1CCC(CO)CC1. The minimum atomic E-state index is -0.578. The Bertz CT molecular complexity index is 555. The summed E-state index contributed by atoms with van der Waals surface area (Å²) < 4.78 is 1.18. The van der Waals surface area contributed by atoms with Gasteiger partial charge in [-0.15, -0.1) is 0 Å². The number of rotatable bonds is 3. The Morgan fingerprint density at radius 3 is 2.63 bits per heavy atom. The molecule has 1 aromatic rings. The monoisotopic (exact) mass is 267 g/mol. The van der Waals surface area contributed by atoms with Gasteiger partial charge in [0.1, 0.15) is 6.54 Å². The first kappa shape index (κ1) is 13.5. The van der Waals surface area contributed by atoms with E-state index < -0.39 is 11.2 Å². The second kappa shape index (κ2) is 5.83. The molecule has 0 aromatic carbocycles. The molecular weight excluding hydrogens is 250 g/mol. The van der Waals surface area contributed by atoms with Crippen LogP contribution in [0.3, 0.4) is 0 Å². The van der Waals surface area contributed by atoms with Gasteiger partial charge in [-0.05, 0) is 18.8 Å². The summed E-state index contributed by atoms with van der Waals surface area (Å²) >= 11 is 0. The predicted octanol–water partition coefficient (Wildman–Crippen LogP) is -1.23. The zero-order valence-corrected chi connectivity index (χ0v) is 10.5. The second-order valence-electron chi connectivity index (χ2n) is 4.74. The topological polar surface area (TPSA) is 95.4 Å². The van der Waals surface area contributed by atoms with E-state index in [0.717, 1.165) is 12.8 Å². The lowest BCUT2D eigenvalue weighted by Crippen LogP contribution is -2.42. The highest BCUT2D eigenvalue weighted by Crippen LogP contribution is 2.16. The van der Waals surface area contributed by atoms with Crippen molar-refractivity contribution < 1.29 is 9.90 Å². The maximum Gasteiger partial charge on any atom is 0.328 e. The number of nitrogens with zero attached hydrogens (tertiary/aromatic N) is 2. The fourth-order valence-electron chi connectivity index (χ4n) is 2.18. The van der Waals surface area contributed by atoms with Gasteiger partial charge >= 0.3 is 5.69 Å². The molecule has 2 rings (SSSR count). The molecule has 0 aliphatic carbocycles. The van der Waals surface area contributed by atoms with Crippen LogP contribution in [0.15, 0.2) is 21.9 Å². The van der Waals surface area contributed by atoms with Crippen molar-refractivity contribution in [1.29, 1.82) is 0 Å². The number of hydrogen-bond acceptors (Lipinski definition) is 4. The summed E-state index contributed by atoms with van der Waals surface area (Å²) in [6, 6.07) is 1.21. The molecular formula is C12H17N3O4. The third-order valence-electron chi connectivity index (χ3n) is 3.43. The maximum absolute atomic E-state index is 12.0. The predicted molar refractivity (Wildman–Crippen MR) is 67.7 cm³/mol. The van der Waals surface area contributed by atoms with Crippen LogP contribution in [0.4, 0.5) is 0 Å². The van der Waals surface area contributed by atoms with E-state index in [2.05, 4.69) is 4.98 Å². The molecule has 0 atom stereocenters. The lowest BCUT2D eigenvalue weighted by Gasteiger charge is -2.31. The summed E-state index contributed by atoms with van der Waals surface area (Å²) in [5, 5.41) is 9.03. The van der Waals surface area contributed by atoms with Gasteiger partial charge in [0.25, 0.3) is 5.56 Å². The van der Waals surface area contributed by atoms with Crippen molar-refractivity contribution in [1.82, 2.24) is 14.5 Å². The first-order valence-electron chi connectivity index (χ1n) is 6.28. The van der Waals surface area contributed by atoms with E-state index >= 15 is 0 Å². The van der Waals surface area contributed by atoms with Crippen molar-refractivity contribution in [2.75, 3.05) is 19.7 Å². The quantitative estimate of drug-likeness (QED) is 0.716. The van der Waals surface area contributed by atoms with E-state index in [1.165, 1.54) is 16.8 Å². The van der Waals surface area contributed by atoms with E-state index in [1.807, 2.05) is 0 Å². The first-order valence-corrected chi connectivity index (χ1v) is 6.28. The Kier molecular flexibility index (Phi) is 4.16. The number of aliphatic hydroxyl groups excluding tert-OH is 1. The van der Waals surface area contributed by atoms with E-state index in [1.54, 1.807) is 4.90 Å². The molecule has 0 spiro atoms. The molecule has 2 N–H and O–H groups in total. The molecule has 0 unspecified atom stereocenters. The number of aromatic nitrogens is 2. The summed E-state index contributed by atoms with van der Waals surface area (Å²) in [6.45, 7) is 1.28. The number of carbonyl (C=O) groups excluding carboxylic acids is 1. The zero-order valence-electron chi connectivity index (χ0n) is 10.5. The summed E-state index contributed by atoms with van der Waals surface area (Å²) in [7, 11) is 0. The maximum atomic E-state index is 12.0. The van der Waals surface area contributed by atoms with Crippen LogP contribution in [-0.2, 0) is 11.3 Å². The van der Waals surface area contributed by atoms with Crippen molar-refractivity contribution in [3.8, 4) is 0 Å². The third kappa shape index (κ3) is 3.31. The molecule has 7 heteroatoms. The van der Waals surface area contributed by atoms with Crippen LogP contribution in [0.1, 0.15) is 12.8 Å². The molecule has 2 heterocycles. The Labute approximate surface area is 109 Å². The van der Waals surface area contributed by atoms with Gasteiger partial charge in [-0.3, -0.25) is 19.1 Å². The zero-order chi connectivity index (χ0) is 13.8. The summed E-state index contributed by atoms with van der Waals surface area (Å²) in [5.41, 5.74) is -1.05. The lowest BCUT2D eigenvalue weighted by atomic mass is 9.98. The van der Waals surface area contributed by atoms with Crippen molar-refractivity contribution in [2.45, 2.75) is 19.4 Å². The van der Waals surface area contributed by atoms with Gasteiger partial charge < -0.3 is 10.0 Å². The average molecular weight is 267 g/mol. The Balaban J connectivity index is 1.98. The highest BCUT2D eigenvalue weighted by molar-refractivity contribution is 5.76. The van der Waals surface area contributed by atoms with Crippen LogP contribution in [0, 0.1) is 5.92 Å². The summed E-state index contributed by atoms with van der Waals surface area (Å²) in [4.78, 5) is 38.2. The van der Waals surface area contributed by atoms with E-state index in [9.17, 15) is 14.4 Å². The van der Waals surface area contributed by atoms with Gasteiger partial charge in [0, 0.05) is 32.0 Å². The van der Waals surface area contributed by atoms with Crippen molar-refractivity contribution in [3.05, 3.63) is 33.1 Å². The Morgan fingerprint density at radius 2 is 2.05 bits per heavy atom. The normalized spacial score (nSPS) is 16.6. The molecule has 19 heavy (non-hydrogen) atoms. The van der Waals surface area contributed by atoms with Crippen LogP contribution in [0.5, 0.6) is 0 Å². The summed E-state index contributed by atoms with van der Waals surface area (Å²) in [6.07, 6.45) is 2.88. The first-order chi connectivity index (χ1) is 9.10. The number of nitrogens with one attached hydrogen (secondary N) is 1.